The molecule has 0 radical (unpaired) electrons. The van der Waals surface area contributed by atoms with Crippen molar-refractivity contribution < 1.29 is 4.79 Å². The summed E-state index contributed by atoms with van der Waals surface area (Å²) in [4.78, 5) is 11.0. The van der Waals surface area contributed by atoms with Crippen molar-refractivity contribution in [2.75, 3.05) is 0 Å². The van der Waals surface area contributed by atoms with Crippen LogP contribution >= 0.6 is 0 Å². The van der Waals surface area contributed by atoms with E-state index >= 15 is 0 Å². The van der Waals surface area contributed by atoms with Crippen molar-refractivity contribution in [1.82, 2.24) is 0 Å². The van der Waals surface area contributed by atoms with Gasteiger partial charge in [-0.3, -0.25) is 4.79 Å². The van der Waals surface area contributed by atoms with Crippen LogP contribution in [0.5, 0.6) is 0 Å². The number of allylic oxidation sites excluding steroid dienone is 3. The molecule has 0 aromatic rings. The molecule has 1 aliphatic carbocycles. The standard InChI is InChI=1S/C9H12O/c1-3-8-5-4-6-9(10)7(8)2/h3H,2,4-6H2,1H3/b8-3-. The second-order valence-electron chi connectivity index (χ2n) is 2.57. The van der Waals surface area contributed by atoms with Crippen LogP contribution in [0.4, 0.5) is 0 Å². The molecule has 0 atom stereocenters. The third-order valence-electron chi connectivity index (χ3n) is 1.92. The summed E-state index contributed by atoms with van der Waals surface area (Å²) in [5.41, 5.74) is 1.87. The van der Waals surface area contributed by atoms with Gasteiger partial charge in [0.1, 0.15) is 0 Å². The van der Waals surface area contributed by atoms with E-state index < -0.39 is 0 Å². The Morgan fingerprint density at radius 2 is 2.20 bits per heavy atom. The van der Waals surface area contributed by atoms with Gasteiger partial charge in [-0.1, -0.05) is 12.7 Å². The summed E-state index contributed by atoms with van der Waals surface area (Å²) in [5.74, 6) is 0.222. The Balaban J connectivity index is 2.79. The minimum Gasteiger partial charge on any atom is -0.294 e. The summed E-state index contributed by atoms with van der Waals surface area (Å²) in [5, 5.41) is 0. The summed E-state index contributed by atoms with van der Waals surface area (Å²) >= 11 is 0. The van der Waals surface area contributed by atoms with Gasteiger partial charge >= 0.3 is 0 Å². The maximum absolute atomic E-state index is 11.0. The molecule has 0 N–H and O–H groups in total. The van der Waals surface area contributed by atoms with Crippen molar-refractivity contribution in [3.8, 4) is 0 Å². The molecule has 54 valence electrons. The lowest BCUT2D eigenvalue weighted by atomic mass is 9.89. The van der Waals surface area contributed by atoms with Gasteiger partial charge in [-0.05, 0) is 25.3 Å². The predicted octanol–water partition coefficient (Wildman–Crippen LogP) is 2.24. The average molecular weight is 136 g/mol. The van der Waals surface area contributed by atoms with Crippen molar-refractivity contribution in [1.29, 1.82) is 0 Å². The van der Waals surface area contributed by atoms with Crippen LogP contribution in [-0.2, 0) is 4.79 Å². The third kappa shape index (κ3) is 1.18. The van der Waals surface area contributed by atoms with E-state index in [9.17, 15) is 4.79 Å². The molecule has 0 heterocycles. The van der Waals surface area contributed by atoms with Crippen LogP contribution in [0, 0.1) is 0 Å². The summed E-state index contributed by atoms with van der Waals surface area (Å²) in [6, 6.07) is 0. The summed E-state index contributed by atoms with van der Waals surface area (Å²) in [6.45, 7) is 5.69. The van der Waals surface area contributed by atoms with Gasteiger partial charge in [0.05, 0.1) is 0 Å². The molecule has 10 heavy (non-hydrogen) atoms. The normalized spacial score (nSPS) is 23.9. The maximum atomic E-state index is 11.0. The maximum Gasteiger partial charge on any atom is 0.162 e. The Bertz CT molecular complexity index is 199. The van der Waals surface area contributed by atoms with E-state index in [1.807, 2.05) is 13.0 Å². The smallest absolute Gasteiger partial charge is 0.162 e. The van der Waals surface area contributed by atoms with E-state index in [0.29, 0.717) is 6.42 Å². The van der Waals surface area contributed by atoms with Gasteiger partial charge in [0.2, 0.25) is 0 Å². The molecule has 0 bridgehead atoms. The number of carbonyl (C=O) groups is 1. The lowest BCUT2D eigenvalue weighted by Gasteiger charge is -2.14. The van der Waals surface area contributed by atoms with Crippen LogP contribution in [0.15, 0.2) is 23.8 Å². The number of rotatable bonds is 0. The quantitative estimate of drug-likeness (QED) is 0.467. The van der Waals surface area contributed by atoms with Crippen molar-refractivity contribution in [3.05, 3.63) is 23.8 Å². The molecular weight excluding hydrogens is 124 g/mol. The van der Waals surface area contributed by atoms with E-state index in [2.05, 4.69) is 6.58 Å². The zero-order valence-electron chi connectivity index (χ0n) is 6.31. The highest BCUT2D eigenvalue weighted by Gasteiger charge is 2.16. The Hall–Kier alpha value is -0.850. The second-order valence-corrected chi connectivity index (χ2v) is 2.57. The molecule has 0 aliphatic heterocycles. The highest BCUT2D eigenvalue weighted by molar-refractivity contribution is 5.99. The van der Waals surface area contributed by atoms with Crippen molar-refractivity contribution in [2.45, 2.75) is 26.2 Å². The molecule has 0 saturated heterocycles. The molecule has 1 nitrogen and oxygen atoms in total. The fourth-order valence-electron chi connectivity index (χ4n) is 1.24. The molecular formula is C9H12O. The predicted molar refractivity (Wildman–Crippen MR) is 41.8 cm³/mol. The molecule has 1 aliphatic rings. The van der Waals surface area contributed by atoms with Crippen molar-refractivity contribution >= 4 is 5.78 Å². The summed E-state index contributed by atoms with van der Waals surface area (Å²) in [7, 11) is 0. The van der Waals surface area contributed by atoms with E-state index in [0.717, 1.165) is 24.0 Å². The van der Waals surface area contributed by atoms with Crippen LogP contribution < -0.4 is 0 Å². The zero-order chi connectivity index (χ0) is 7.56. The molecule has 0 amide bonds. The lowest BCUT2D eigenvalue weighted by molar-refractivity contribution is -0.115. The molecule has 0 spiro atoms. The molecule has 0 aromatic heterocycles. The van der Waals surface area contributed by atoms with Gasteiger partial charge in [0.15, 0.2) is 5.78 Å². The van der Waals surface area contributed by atoms with E-state index in [1.165, 1.54) is 0 Å². The monoisotopic (exact) mass is 136 g/mol. The fourth-order valence-corrected chi connectivity index (χ4v) is 1.24. The Labute approximate surface area is 61.4 Å². The number of Topliss-reactive ketones (excluding diaryl/α,β-unsaturated/α-hetero) is 1. The second kappa shape index (κ2) is 2.82. The Morgan fingerprint density at radius 1 is 1.50 bits per heavy atom. The molecule has 1 rings (SSSR count). The Morgan fingerprint density at radius 3 is 2.70 bits per heavy atom. The topological polar surface area (TPSA) is 17.1 Å². The number of ketones is 1. The molecule has 1 fully saturated rings. The molecule has 0 aromatic carbocycles. The van der Waals surface area contributed by atoms with Gasteiger partial charge in [0.25, 0.3) is 0 Å². The van der Waals surface area contributed by atoms with E-state index in [-0.39, 0.29) is 5.78 Å². The largest absolute Gasteiger partial charge is 0.294 e. The van der Waals surface area contributed by atoms with Gasteiger partial charge < -0.3 is 0 Å². The van der Waals surface area contributed by atoms with Crippen LogP contribution in [0.1, 0.15) is 26.2 Å². The lowest BCUT2D eigenvalue weighted by Crippen LogP contribution is -2.09. The van der Waals surface area contributed by atoms with Crippen LogP contribution in [-0.4, -0.2) is 5.78 Å². The number of carbonyl (C=O) groups excluding carboxylic acids is 1. The minimum atomic E-state index is 0.222. The first kappa shape index (κ1) is 7.26. The molecule has 0 unspecified atom stereocenters. The van der Waals surface area contributed by atoms with Gasteiger partial charge in [-0.25, -0.2) is 0 Å². The fraction of sp³-hybridized carbons (Fsp3) is 0.444. The Kier molecular flexibility index (Phi) is 2.05. The average Bonchev–Trinajstić information content (AvgIpc) is 1.95. The highest BCUT2D eigenvalue weighted by Crippen LogP contribution is 2.23. The van der Waals surface area contributed by atoms with Gasteiger partial charge in [0, 0.05) is 12.0 Å². The van der Waals surface area contributed by atoms with E-state index in [4.69, 9.17) is 0 Å². The van der Waals surface area contributed by atoms with Crippen LogP contribution in [0.25, 0.3) is 0 Å². The first-order valence-electron chi connectivity index (χ1n) is 3.63. The summed E-state index contributed by atoms with van der Waals surface area (Å²) < 4.78 is 0. The SMILES string of the molecule is C=C1C(=O)CCC/C1=C/C. The van der Waals surface area contributed by atoms with Crippen LogP contribution in [0.3, 0.4) is 0 Å². The van der Waals surface area contributed by atoms with Gasteiger partial charge in [-0.15, -0.1) is 0 Å². The summed E-state index contributed by atoms with van der Waals surface area (Å²) in [6.07, 6.45) is 4.70. The zero-order valence-corrected chi connectivity index (χ0v) is 6.31. The van der Waals surface area contributed by atoms with E-state index in [1.54, 1.807) is 0 Å². The van der Waals surface area contributed by atoms with Gasteiger partial charge in [-0.2, -0.15) is 0 Å². The first-order chi connectivity index (χ1) is 4.75. The molecule has 1 saturated carbocycles. The van der Waals surface area contributed by atoms with Crippen molar-refractivity contribution in [3.63, 3.8) is 0 Å². The van der Waals surface area contributed by atoms with Crippen molar-refractivity contribution in [2.24, 2.45) is 0 Å². The molecule has 1 heteroatoms. The highest BCUT2D eigenvalue weighted by atomic mass is 16.1. The number of hydrogen-bond acceptors (Lipinski definition) is 1. The third-order valence-corrected chi connectivity index (χ3v) is 1.92. The number of hydrogen-bond donors (Lipinski definition) is 0. The minimum absolute atomic E-state index is 0.222. The first-order valence-corrected chi connectivity index (χ1v) is 3.63. The van der Waals surface area contributed by atoms with Crippen LogP contribution in [0.2, 0.25) is 0 Å².